The van der Waals surface area contributed by atoms with Crippen LogP contribution in [0.4, 0.5) is 0 Å². The van der Waals surface area contributed by atoms with Crippen LogP contribution in [-0.4, -0.2) is 11.2 Å². The van der Waals surface area contributed by atoms with Crippen molar-refractivity contribution in [3.63, 3.8) is 0 Å². The van der Waals surface area contributed by atoms with Gasteiger partial charge in [-0.3, -0.25) is 0 Å². The van der Waals surface area contributed by atoms with Crippen LogP contribution in [0, 0.1) is 5.41 Å². The molecule has 0 radical (unpaired) electrons. The molecule has 1 heteroatoms. The molecule has 0 saturated carbocycles. The molecule has 0 bridgehead atoms. The van der Waals surface area contributed by atoms with Gasteiger partial charge < -0.3 is 5.11 Å². The lowest BCUT2D eigenvalue weighted by atomic mass is 9.71. The number of allylic oxidation sites excluding steroid dienone is 11. The molecule has 24 heavy (non-hydrogen) atoms. The van der Waals surface area contributed by atoms with Gasteiger partial charge in [0.05, 0.1) is 6.10 Å². The SMILES string of the molecule is CC/C=C/C=C(C)/C=C/C=C(C)/C=C/C1=C(C)CC(O)CC1(C)C. The van der Waals surface area contributed by atoms with Crippen molar-refractivity contribution in [2.75, 3.05) is 0 Å². The Bertz CT molecular complexity index is 592. The van der Waals surface area contributed by atoms with Crippen molar-refractivity contribution in [3.8, 4) is 0 Å². The second-order valence-corrected chi connectivity index (χ2v) is 7.49. The van der Waals surface area contributed by atoms with Crippen LogP contribution in [0.5, 0.6) is 0 Å². The monoisotopic (exact) mass is 326 g/mol. The first-order valence-electron chi connectivity index (χ1n) is 9.01. The van der Waals surface area contributed by atoms with E-state index in [1.807, 2.05) is 0 Å². The predicted molar refractivity (Wildman–Crippen MR) is 107 cm³/mol. The fourth-order valence-electron chi connectivity index (χ4n) is 3.21. The highest BCUT2D eigenvalue weighted by molar-refractivity contribution is 5.37. The van der Waals surface area contributed by atoms with Crippen molar-refractivity contribution >= 4 is 0 Å². The minimum absolute atomic E-state index is 0.0410. The first-order valence-corrected chi connectivity index (χ1v) is 9.01. The van der Waals surface area contributed by atoms with Crippen LogP contribution >= 0.6 is 0 Å². The summed E-state index contributed by atoms with van der Waals surface area (Å²) < 4.78 is 0. The first-order chi connectivity index (χ1) is 11.3. The van der Waals surface area contributed by atoms with E-state index in [1.165, 1.54) is 22.3 Å². The number of aliphatic hydroxyl groups excluding tert-OH is 1. The van der Waals surface area contributed by atoms with Crippen LogP contribution in [0.1, 0.15) is 60.8 Å². The van der Waals surface area contributed by atoms with Gasteiger partial charge in [-0.2, -0.15) is 0 Å². The van der Waals surface area contributed by atoms with Crippen molar-refractivity contribution in [2.45, 2.75) is 66.9 Å². The molecule has 1 nitrogen and oxygen atoms in total. The van der Waals surface area contributed by atoms with E-state index >= 15 is 0 Å². The van der Waals surface area contributed by atoms with Crippen molar-refractivity contribution in [1.82, 2.24) is 0 Å². The fourth-order valence-corrected chi connectivity index (χ4v) is 3.21. The lowest BCUT2D eigenvalue weighted by molar-refractivity contribution is 0.116. The van der Waals surface area contributed by atoms with Crippen LogP contribution in [0.3, 0.4) is 0 Å². The topological polar surface area (TPSA) is 20.2 Å². The normalized spacial score (nSPS) is 23.2. The Morgan fingerprint density at radius 3 is 2.38 bits per heavy atom. The molecule has 0 aromatic rings. The van der Waals surface area contributed by atoms with Gasteiger partial charge in [-0.1, -0.05) is 86.1 Å². The van der Waals surface area contributed by atoms with Crippen molar-refractivity contribution in [1.29, 1.82) is 0 Å². The molecule has 1 rings (SSSR count). The number of hydrogen-bond donors (Lipinski definition) is 1. The molecule has 1 atom stereocenters. The summed E-state index contributed by atoms with van der Waals surface area (Å²) in [4.78, 5) is 0. The van der Waals surface area contributed by atoms with Gasteiger partial charge >= 0.3 is 0 Å². The van der Waals surface area contributed by atoms with E-state index in [1.54, 1.807) is 0 Å². The Morgan fingerprint density at radius 1 is 1.12 bits per heavy atom. The van der Waals surface area contributed by atoms with E-state index in [2.05, 4.69) is 90.2 Å². The third-order valence-electron chi connectivity index (χ3n) is 4.44. The summed E-state index contributed by atoms with van der Waals surface area (Å²) in [5.41, 5.74) is 5.18. The molecular weight excluding hydrogens is 292 g/mol. The summed E-state index contributed by atoms with van der Waals surface area (Å²) in [5.74, 6) is 0. The zero-order valence-corrected chi connectivity index (χ0v) is 16.3. The zero-order chi connectivity index (χ0) is 18.2. The Kier molecular flexibility index (Phi) is 8.21. The fraction of sp³-hybridized carbons (Fsp3) is 0.478. The highest BCUT2D eigenvalue weighted by Crippen LogP contribution is 2.40. The maximum Gasteiger partial charge on any atom is 0.0585 e. The Hall–Kier alpha value is -1.60. The molecule has 0 aromatic carbocycles. The smallest absolute Gasteiger partial charge is 0.0585 e. The largest absolute Gasteiger partial charge is 0.393 e. The Labute approximate surface area is 148 Å². The zero-order valence-electron chi connectivity index (χ0n) is 16.3. The van der Waals surface area contributed by atoms with Gasteiger partial charge in [0.2, 0.25) is 0 Å². The van der Waals surface area contributed by atoms with Crippen molar-refractivity contribution in [3.05, 3.63) is 70.9 Å². The van der Waals surface area contributed by atoms with Crippen LogP contribution in [0.15, 0.2) is 70.9 Å². The second kappa shape index (κ2) is 9.64. The van der Waals surface area contributed by atoms with Crippen molar-refractivity contribution < 1.29 is 5.11 Å². The molecule has 1 N–H and O–H groups in total. The van der Waals surface area contributed by atoms with Gasteiger partial charge in [-0.15, -0.1) is 0 Å². The van der Waals surface area contributed by atoms with Crippen LogP contribution in [0.2, 0.25) is 0 Å². The predicted octanol–water partition coefficient (Wildman–Crippen LogP) is 6.46. The van der Waals surface area contributed by atoms with Gasteiger partial charge in [0.25, 0.3) is 0 Å². The summed E-state index contributed by atoms with van der Waals surface area (Å²) in [6.45, 7) is 12.9. The summed E-state index contributed by atoms with van der Waals surface area (Å²) in [5, 5.41) is 9.97. The van der Waals surface area contributed by atoms with E-state index in [0.717, 1.165) is 19.3 Å². The quantitative estimate of drug-likeness (QED) is 0.556. The van der Waals surface area contributed by atoms with Gasteiger partial charge in [-0.25, -0.2) is 0 Å². The van der Waals surface area contributed by atoms with E-state index < -0.39 is 0 Å². The van der Waals surface area contributed by atoms with Crippen LogP contribution < -0.4 is 0 Å². The lowest BCUT2D eigenvalue weighted by Crippen LogP contribution is -2.28. The third kappa shape index (κ3) is 6.88. The van der Waals surface area contributed by atoms with E-state index in [0.29, 0.717) is 0 Å². The molecule has 0 aliphatic heterocycles. The average molecular weight is 327 g/mol. The van der Waals surface area contributed by atoms with E-state index in [9.17, 15) is 5.11 Å². The average Bonchev–Trinajstić information content (AvgIpc) is 2.45. The highest BCUT2D eigenvalue weighted by Gasteiger charge is 2.31. The van der Waals surface area contributed by atoms with Crippen molar-refractivity contribution in [2.24, 2.45) is 5.41 Å². The van der Waals surface area contributed by atoms with E-state index in [4.69, 9.17) is 0 Å². The minimum Gasteiger partial charge on any atom is -0.393 e. The summed E-state index contributed by atoms with van der Waals surface area (Å²) in [7, 11) is 0. The van der Waals surface area contributed by atoms with Gasteiger partial charge in [0.1, 0.15) is 0 Å². The Morgan fingerprint density at radius 2 is 1.75 bits per heavy atom. The summed E-state index contributed by atoms with van der Waals surface area (Å²) in [6, 6.07) is 0. The summed E-state index contributed by atoms with van der Waals surface area (Å²) in [6.07, 6.45) is 19.7. The maximum atomic E-state index is 9.97. The second-order valence-electron chi connectivity index (χ2n) is 7.49. The molecule has 0 amide bonds. The van der Waals surface area contributed by atoms with Gasteiger partial charge in [-0.05, 0) is 51.0 Å². The number of rotatable bonds is 6. The molecule has 0 aromatic heterocycles. The van der Waals surface area contributed by atoms with Gasteiger partial charge in [0.15, 0.2) is 0 Å². The Balaban J connectivity index is 2.77. The van der Waals surface area contributed by atoms with Gasteiger partial charge in [0, 0.05) is 0 Å². The molecule has 0 fully saturated rings. The van der Waals surface area contributed by atoms with E-state index in [-0.39, 0.29) is 11.5 Å². The molecule has 0 heterocycles. The minimum atomic E-state index is -0.201. The molecule has 1 aliphatic carbocycles. The maximum absolute atomic E-state index is 9.97. The molecule has 0 spiro atoms. The summed E-state index contributed by atoms with van der Waals surface area (Å²) >= 11 is 0. The highest BCUT2D eigenvalue weighted by atomic mass is 16.3. The first kappa shape index (κ1) is 20.4. The molecule has 1 aliphatic rings. The lowest BCUT2D eigenvalue weighted by Gasteiger charge is -2.35. The van der Waals surface area contributed by atoms with Crippen LogP contribution in [0.25, 0.3) is 0 Å². The standard InChI is InChI=1S/C23H34O/c1-7-8-9-11-18(2)12-10-13-19(3)14-15-22-20(4)16-21(24)17-23(22,5)6/h8-15,21,24H,7,16-17H2,1-6H3/b9-8+,12-10+,15-14+,18-11+,19-13+. The molecule has 1 unspecified atom stereocenters. The molecular formula is C23H34O. The molecule has 132 valence electrons. The van der Waals surface area contributed by atoms with Crippen LogP contribution in [-0.2, 0) is 0 Å². The third-order valence-corrected chi connectivity index (χ3v) is 4.44. The molecule has 0 saturated heterocycles. The number of hydrogen-bond acceptors (Lipinski definition) is 1. The number of aliphatic hydroxyl groups is 1.